The lowest BCUT2D eigenvalue weighted by molar-refractivity contribution is 0.256. The molecule has 1 aliphatic carbocycles. The van der Waals surface area contributed by atoms with Gasteiger partial charge in [-0.15, -0.1) is 0 Å². The molecule has 2 amide bonds. The van der Waals surface area contributed by atoms with Gasteiger partial charge >= 0.3 is 6.03 Å². The van der Waals surface area contributed by atoms with E-state index in [1.165, 1.54) is 5.56 Å². The number of nitrogens with one attached hydrogen (secondary N) is 2. The number of carbonyl (C=O) groups excluding carboxylic acids is 1. The normalized spacial score (nSPS) is 13.2. The van der Waals surface area contributed by atoms with Gasteiger partial charge in [0.2, 0.25) is 15.9 Å². The topological polar surface area (TPSA) is 97.4 Å². The number of sulfonamides is 1. The molecule has 0 unspecified atom stereocenters. The van der Waals surface area contributed by atoms with Gasteiger partial charge in [0.05, 0.1) is 19.1 Å². The third-order valence-corrected chi connectivity index (χ3v) is 4.90. The summed E-state index contributed by atoms with van der Waals surface area (Å²) in [5.41, 5.74) is 5.56. The first-order valence-corrected chi connectivity index (χ1v) is 10.1. The van der Waals surface area contributed by atoms with E-state index in [9.17, 15) is 13.2 Å². The zero-order valence-corrected chi connectivity index (χ0v) is 15.7. The fraction of sp³-hybridized carbons (Fsp3) is 0.333. The quantitative estimate of drug-likeness (QED) is 0.856. The van der Waals surface area contributed by atoms with Gasteiger partial charge in [-0.25, -0.2) is 22.9 Å². The summed E-state index contributed by atoms with van der Waals surface area (Å²) in [5, 5.41) is 2.75. The fourth-order valence-electron chi connectivity index (χ4n) is 3.39. The van der Waals surface area contributed by atoms with Gasteiger partial charge in [-0.1, -0.05) is 6.07 Å². The molecular weight excluding hydrogens is 354 g/mol. The standard InChI is InChI=1S/C18H21N3O4S/c1-11-9-12-5-4-6-14(12)17(20-18(22)21-26(3,23)24)16(11)13-7-8-19-15(10-13)25-2/h7-10H,4-6H2,1-3H3,(H2,20,21,22). The lowest BCUT2D eigenvalue weighted by Gasteiger charge is -2.19. The summed E-state index contributed by atoms with van der Waals surface area (Å²) in [5.74, 6) is 0.467. The maximum absolute atomic E-state index is 12.2. The van der Waals surface area contributed by atoms with Crippen molar-refractivity contribution in [3.05, 3.63) is 41.1 Å². The lowest BCUT2D eigenvalue weighted by atomic mass is 9.93. The number of hydrogen-bond acceptors (Lipinski definition) is 5. The van der Waals surface area contributed by atoms with Crippen molar-refractivity contribution in [2.45, 2.75) is 26.2 Å². The highest BCUT2D eigenvalue weighted by molar-refractivity contribution is 7.89. The van der Waals surface area contributed by atoms with Gasteiger partial charge in [0.1, 0.15) is 0 Å². The predicted octanol–water partition coefficient (Wildman–Crippen LogP) is 2.64. The summed E-state index contributed by atoms with van der Waals surface area (Å²) in [6.45, 7) is 1.97. The molecule has 0 bridgehead atoms. The molecule has 0 radical (unpaired) electrons. The molecule has 1 aromatic heterocycles. The van der Waals surface area contributed by atoms with Crippen LogP contribution in [0.4, 0.5) is 10.5 Å². The average Bonchev–Trinajstić information content (AvgIpc) is 3.01. The molecule has 7 nitrogen and oxygen atoms in total. The van der Waals surface area contributed by atoms with Crippen LogP contribution in [0.15, 0.2) is 24.4 Å². The van der Waals surface area contributed by atoms with Crippen LogP contribution in [-0.4, -0.2) is 32.8 Å². The Morgan fingerprint density at radius 1 is 1.27 bits per heavy atom. The molecule has 8 heteroatoms. The molecule has 1 aromatic carbocycles. The van der Waals surface area contributed by atoms with Crippen LogP contribution in [-0.2, 0) is 22.9 Å². The molecule has 0 fully saturated rings. The maximum atomic E-state index is 12.2. The minimum absolute atomic E-state index is 0.467. The SMILES string of the molecule is COc1cc(-c2c(C)cc3c(c2NC(=O)NS(C)(=O)=O)CCC3)ccn1. The number of rotatable bonds is 4. The number of benzene rings is 1. The van der Waals surface area contributed by atoms with Crippen LogP contribution >= 0.6 is 0 Å². The van der Waals surface area contributed by atoms with Crippen molar-refractivity contribution in [1.29, 1.82) is 0 Å². The van der Waals surface area contributed by atoms with E-state index in [1.807, 2.05) is 17.7 Å². The Labute approximate surface area is 152 Å². The van der Waals surface area contributed by atoms with Crippen LogP contribution in [0.1, 0.15) is 23.1 Å². The zero-order valence-electron chi connectivity index (χ0n) is 14.9. The predicted molar refractivity (Wildman–Crippen MR) is 100.0 cm³/mol. The lowest BCUT2D eigenvalue weighted by Crippen LogP contribution is -2.34. The Hall–Kier alpha value is -2.61. The molecule has 138 valence electrons. The van der Waals surface area contributed by atoms with Gasteiger partial charge in [0, 0.05) is 17.8 Å². The smallest absolute Gasteiger partial charge is 0.332 e. The van der Waals surface area contributed by atoms with E-state index in [0.29, 0.717) is 11.6 Å². The number of pyridine rings is 1. The average molecular weight is 375 g/mol. The van der Waals surface area contributed by atoms with Crippen molar-refractivity contribution in [1.82, 2.24) is 9.71 Å². The van der Waals surface area contributed by atoms with Crippen molar-refractivity contribution in [2.75, 3.05) is 18.7 Å². The number of hydrogen-bond donors (Lipinski definition) is 2. The molecule has 0 aliphatic heterocycles. The molecule has 1 heterocycles. The number of aromatic nitrogens is 1. The van der Waals surface area contributed by atoms with E-state index in [1.54, 1.807) is 19.4 Å². The first-order valence-electron chi connectivity index (χ1n) is 8.23. The summed E-state index contributed by atoms with van der Waals surface area (Å²) in [4.78, 5) is 16.3. The van der Waals surface area contributed by atoms with Crippen LogP contribution < -0.4 is 14.8 Å². The molecule has 0 saturated heterocycles. The van der Waals surface area contributed by atoms with Crippen molar-refractivity contribution in [3.63, 3.8) is 0 Å². The zero-order chi connectivity index (χ0) is 18.9. The van der Waals surface area contributed by atoms with E-state index in [4.69, 9.17) is 4.74 Å². The Bertz CT molecular complexity index is 971. The molecule has 0 spiro atoms. The van der Waals surface area contributed by atoms with Gasteiger partial charge in [-0.05, 0) is 54.5 Å². The third-order valence-electron chi connectivity index (χ3n) is 4.35. The number of anilines is 1. The van der Waals surface area contributed by atoms with Crippen LogP contribution in [0.2, 0.25) is 0 Å². The fourth-order valence-corrected chi connectivity index (χ4v) is 3.78. The van der Waals surface area contributed by atoms with Crippen molar-refractivity contribution >= 4 is 21.7 Å². The Morgan fingerprint density at radius 3 is 2.73 bits per heavy atom. The number of urea groups is 1. The number of carbonyl (C=O) groups is 1. The van der Waals surface area contributed by atoms with E-state index < -0.39 is 16.1 Å². The monoisotopic (exact) mass is 375 g/mol. The number of methoxy groups -OCH3 is 1. The minimum atomic E-state index is -3.65. The van der Waals surface area contributed by atoms with Crippen molar-refractivity contribution in [3.8, 4) is 17.0 Å². The second-order valence-corrected chi connectivity index (χ2v) is 8.10. The summed E-state index contributed by atoms with van der Waals surface area (Å²) in [6.07, 6.45) is 5.36. The van der Waals surface area contributed by atoms with Gasteiger partial charge in [-0.2, -0.15) is 0 Å². The molecule has 0 saturated carbocycles. The summed E-state index contributed by atoms with van der Waals surface area (Å²) in [7, 11) is -2.11. The number of fused-ring (bicyclic) bond motifs is 1. The molecule has 2 N–H and O–H groups in total. The first-order chi connectivity index (χ1) is 12.3. The Morgan fingerprint density at radius 2 is 2.04 bits per heavy atom. The van der Waals surface area contributed by atoms with Crippen LogP contribution in [0, 0.1) is 6.92 Å². The maximum Gasteiger partial charge on any atom is 0.332 e. The van der Waals surface area contributed by atoms with Crippen molar-refractivity contribution < 1.29 is 17.9 Å². The molecule has 3 rings (SSSR count). The Balaban J connectivity index is 2.13. The van der Waals surface area contributed by atoms with Crippen LogP contribution in [0.25, 0.3) is 11.1 Å². The molecule has 1 aliphatic rings. The second kappa shape index (κ2) is 6.95. The number of aryl methyl sites for hydroxylation is 2. The third kappa shape index (κ3) is 3.80. The first kappa shape index (κ1) is 18.2. The van der Waals surface area contributed by atoms with E-state index in [0.717, 1.165) is 47.8 Å². The Kier molecular flexibility index (Phi) is 4.86. The van der Waals surface area contributed by atoms with E-state index in [2.05, 4.69) is 16.4 Å². The number of ether oxygens (including phenoxy) is 1. The van der Waals surface area contributed by atoms with Gasteiger partial charge in [-0.3, -0.25) is 0 Å². The molecule has 26 heavy (non-hydrogen) atoms. The van der Waals surface area contributed by atoms with Gasteiger partial charge in [0.25, 0.3) is 0 Å². The molecule has 2 aromatic rings. The summed E-state index contributed by atoms with van der Waals surface area (Å²) < 4.78 is 29.9. The highest BCUT2D eigenvalue weighted by atomic mass is 32.2. The number of nitrogens with zero attached hydrogens (tertiary/aromatic N) is 1. The van der Waals surface area contributed by atoms with E-state index >= 15 is 0 Å². The highest BCUT2D eigenvalue weighted by Crippen LogP contribution is 2.40. The second-order valence-electron chi connectivity index (χ2n) is 6.35. The molecule has 0 atom stereocenters. The molecular formula is C18H21N3O4S. The summed E-state index contributed by atoms with van der Waals surface area (Å²) >= 11 is 0. The highest BCUT2D eigenvalue weighted by Gasteiger charge is 2.23. The van der Waals surface area contributed by atoms with Crippen LogP contribution in [0.5, 0.6) is 5.88 Å². The minimum Gasteiger partial charge on any atom is -0.481 e. The van der Waals surface area contributed by atoms with Gasteiger partial charge < -0.3 is 10.1 Å². The number of amides is 2. The van der Waals surface area contributed by atoms with Gasteiger partial charge in [0.15, 0.2) is 0 Å². The van der Waals surface area contributed by atoms with E-state index in [-0.39, 0.29) is 0 Å². The van der Waals surface area contributed by atoms with Crippen molar-refractivity contribution in [2.24, 2.45) is 0 Å². The largest absolute Gasteiger partial charge is 0.481 e. The van der Waals surface area contributed by atoms with Crippen LogP contribution in [0.3, 0.4) is 0 Å². The summed E-state index contributed by atoms with van der Waals surface area (Å²) in [6, 6.07) is 4.99.